The largest absolute Gasteiger partial charge is 0.369 e. The molecule has 1 aromatic carbocycles. The summed E-state index contributed by atoms with van der Waals surface area (Å²) in [5.74, 6) is -0.344. The Morgan fingerprint density at radius 2 is 1.63 bits per heavy atom. The van der Waals surface area contributed by atoms with Crippen molar-refractivity contribution in [2.75, 3.05) is 51.2 Å². The molecule has 8 heteroatoms. The van der Waals surface area contributed by atoms with Crippen LogP contribution in [0.25, 0.3) is 0 Å². The number of nitrogens with zero attached hydrogens (tertiary/aromatic N) is 3. The van der Waals surface area contributed by atoms with Gasteiger partial charge in [-0.3, -0.25) is 0 Å². The van der Waals surface area contributed by atoms with E-state index in [1.165, 1.54) is 16.4 Å². The van der Waals surface area contributed by atoms with Crippen LogP contribution in [0.15, 0.2) is 18.2 Å². The van der Waals surface area contributed by atoms with Gasteiger partial charge in [0, 0.05) is 51.0 Å². The Labute approximate surface area is 162 Å². The summed E-state index contributed by atoms with van der Waals surface area (Å²) in [5.41, 5.74) is 1.61. The molecule has 152 valence electrons. The summed E-state index contributed by atoms with van der Waals surface area (Å²) in [5, 5.41) is 0. The second-order valence-corrected chi connectivity index (χ2v) is 9.35. The number of anilines is 1. The number of benzene rings is 1. The summed E-state index contributed by atoms with van der Waals surface area (Å²) in [4.78, 5) is 4.47. The second-order valence-electron chi connectivity index (χ2n) is 7.65. The topological polar surface area (TPSA) is 55.9 Å². The molecule has 0 aliphatic carbocycles. The minimum absolute atomic E-state index is 0.344. The van der Waals surface area contributed by atoms with E-state index in [0.29, 0.717) is 18.7 Å². The van der Waals surface area contributed by atoms with Crippen LogP contribution < -0.4 is 9.62 Å². The molecule has 27 heavy (non-hydrogen) atoms. The third-order valence-electron chi connectivity index (χ3n) is 5.53. The standard InChI is InChI=1S/C19H31FN4O2S/c1-16(21-27(25,26)24-9-5-3-4-6-10-24)18-15-17(20)7-8-19(18)23-13-11-22(2)12-14-23/h7-8,15-16,21H,3-6,9-14H2,1-2H3. The first-order chi connectivity index (χ1) is 12.9. The highest BCUT2D eigenvalue weighted by molar-refractivity contribution is 7.87. The molecule has 2 fully saturated rings. The zero-order valence-electron chi connectivity index (χ0n) is 16.3. The molecule has 2 aliphatic heterocycles. The van der Waals surface area contributed by atoms with Crippen molar-refractivity contribution in [2.24, 2.45) is 0 Å². The van der Waals surface area contributed by atoms with Crippen molar-refractivity contribution in [1.29, 1.82) is 0 Å². The fraction of sp³-hybridized carbons (Fsp3) is 0.684. The average Bonchev–Trinajstić information content (AvgIpc) is 2.92. The molecule has 2 heterocycles. The monoisotopic (exact) mass is 398 g/mol. The number of hydrogen-bond acceptors (Lipinski definition) is 4. The molecule has 0 bridgehead atoms. The van der Waals surface area contributed by atoms with Gasteiger partial charge in [-0.2, -0.15) is 17.4 Å². The Hall–Kier alpha value is -1.22. The first-order valence-corrected chi connectivity index (χ1v) is 11.3. The van der Waals surface area contributed by atoms with Gasteiger partial charge < -0.3 is 9.80 Å². The molecule has 1 atom stereocenters. The summed E-state index contributed by atoms with van der Waals surface area (Å²) in [6.45, 7) is 6.47. The smallest absolute Gasteiger partial charge is 0.279 e. The van der Waals surface area contributed by atoms with E-state index >= 15 is 0 Å². The van der Waals surface area contributed by atoms with Crippen molar-refractivity contribution in [3.63, 3.8) is 0 Å². The minimum atomic E-state index is -3.59. The van der Waals surface area contributed by atoms with E-state index in [-0.39, 0.29) is 5.82 Å². The lowest BCUT2D eigenvalue weighted by Gasteiger charge is -2.36. The maximum absolute atomic E-state index is 14.0. The predicted molar refractivity (Wildman–Crippen MR) is 107 cm³/mol. The molecular weight excluding hydrogens is 367 g/mol. The number of likely N-dealkylation sites (N-methyl/N-ethyl adjacent to an activating group) is 1. The Kier molecular flexibility index (Phi) is 6.73. The number of hydrogen-bond donors (Lipinski definition) is 1. The van der Waals surface area contributed by atoms with Gasteiger partial charge in [0.1, 0.15) is 5.82 Å². The minimum Gasteiger partial charge on any atom is -0.369 e. The van der Waals surface area contributed by atoms with E-state index in [4.69, 9.17) is 0 Å². The van der Waals surface area contributed by atoms with Gasteiger partial charge in [-0.15, -0.1) is 0 Å². The van der Waals surface area contributed by atoms with E-state index in [2.05, 4.69) is 21.6 Å². The van der Waals surface area contributed by atoms with Crippen LogP contribution in [-0.2, 0) is 10.2 Å². The molecule has 0 amide bonds. The van der Waals surface area contributed by atoms with E-state index in [0.717, 1.165) is 57.5 Å². The molecule has 2 aliphatic rings. The lowest BCUT2D eigenvalue weighted by atomic mass is 10.0. The van der Waals surface area contributed by atoms with E-state index < -0.39 is 16.3 Å². The van der Waals surface area contributed by atoms with Crippen LogP contribution in [0, 0.1) is 5.82 Å². The van der Waals surface area contributed by atoms with Gasteiger partial charge >= 0.3 is 0 Å². The van der Waals surface area contributed by atoms with Crippen molar-refractivity contribution in [2.45, 2.75) is 38.6 Å². The third kappa shape index (κ3) is 5.19. The summed E-state index contributed by atoms with van der Waals surface area (Å²) >= 11 is 0. The molecule has 2 saturated heterocycles. The number of piperazine rings is 1. The highest BCUT2D eigenvalue weighted by atomic mass is 32.2. The molecule has 0 saturated carbocycles. The second kappa shape index (κ2) is 8.86. The van der Waals surface area contributed by atoms with Gasteiger partial charge in [0.15, 0.2) is 0 Å². The molecular formula is C19H31FN4O2S. The zero-order valence-corrected chi connectivity index (χ0v) is 17.1. The first-order valence-electron chi connectivity index (χ1n) is 9.87. The average molecular weight is 399 g/mol. The molecule has 1 aromatic rings. The van der Waals surface area contributed by atoms with Crippen molar-refractivity contribution in [3.05, 3.63) is 29.6 Å². The van der Waals surface area contributed by atoms with Crippen LogP contribution in [0.1, 0.15) is 44.2 Å². The maximum atomic E-state index is 14.0. The van der Waals surface area contributed by atoms with Crippen molar-refractivity contribution in [1.82, 2.24) is 13.9 Å². The summed E-state index contributed by atoms with van der Waals surface area (Å²) in [6.07, 6.45) is 3.92. The van der Waals surface area contributed by atoms with Crippen LogP contribution in [0.3, 0.4) is 0 Å². The molecule has 0 aromatic heterocycles. The number of rotatable bonds is 5. The fourth-order valence-electron chi connectivity index (χ4n) is 3.85. The van der Waals surface area contributed by atoms with E-state index in [1.807, 2.05) is 0 Å². The molecule has 0 radical (unpaired) electrons. The lowest BCUT2D eigenvalue weighted by Crippen LogP contribution is -2.45. The number of nitrogens with one attached hydrogen (secondary N) is 1. The quantitative estimate of drug-likeness (QED) is 0.827. The van der Waals surface area contributed by atoms with Crippen LogP contribution in [0.4, 0.5) is 10.1 Å². The van der Waals surface area contributed by atoms with Gasteiger partial charge in [-0.1, -0.05) is 12.8 Å². The van der Waals surface area contributed by atoms with Crippen molar-refractivity contribution in [3.8, 4) is 0 Å². The van der Waals surface area contributed by atoms with Crippen molar-refractivity contribution >= 4 is 15.9 Å². The van der Waals surface area contributed by atoms with Crippen LogP contribution in [0.5, 0.6) is 0 Å². The third-order valence-corrected chi connectivity index (χ3v) is 7.23. The highest BCUT2D eigenvalue weighted by Crippen LogP contribution is 2.29. The molecule has 1 unspecified atom stereocenters. The molecule has 6 nitrogen and oxygen atoms in total. The summed E-state index contributed by atoms with van der Waals surface area (Å²) in [6, 6.07) is 4.19. The normalized spacial score (nSPS) is 21.8. The van der Waals surface area contributed by atoms with Crippen molar-refractivity contribution < 1.29 is 12.8 Å². The van der Waals surface area contributed by atoms with Crippen LogP contribution in [0.2, 0.25) is 0 Å². The summed E-state index contributed by atoms with van der Waals surface area (Å²) < 4.78 is 44.0. The van der Waals surface area contributed by atoms with E-state index in [9.17, 15) is 12.8 Å². The van der Waals surface area contributed by atoms with Crippen LogP contribution in [-0.4, -0.2) is 63.9 Å². The molecule has 1 N–H and O–H groups in total. The number of halogens is 1. The van der Waals surface area contributed by atoms with E-state index in [1.54, 1.807) is 13.0 Å². The van der Waals surface area contributed by atoms with Gasteiger partial charge in [0.25, 0.3) is 10.2 Å². The zero-order chi connectivity index (χ0) is 19.4. The Morgan fingerprint density at radius 1 is 1.00 bits per heavy atom. The Bertz CT molecular complexity index is 727. The van der Waals surface area contributed by atoms with Gasteiger partial charge in [0.2, 0.25) is 0 Å². The predicted octanol–water partition coefficient (Wildman–Crippen LogP) is 2.35. The first kappa shape index (κ1) is 20.5. The SMILES string of the molecule is CC(NS(=O)(=O)N1CCCCCC1)c1cc(F)ccc1N1CCN(C)CC1. The molecule has 3 rings (SSSR count). The Balaban J connectivity index is 1.79. The fourth-order valence-corrected chi connectivity index (χ4v) is 5.31. The van der Waals surface area contributed by atoms with Gasteiger partial charge in [0.05, 0.1) is 0 Å². The molecule has 0 spiro atoms. The van der Waals surface area contributed by atoms with Crippen LogP contribution >= 0.6 is 0 Å². The van der Waals surface area contributed by atoms with Gasteiger partial charge in [-0.25, -0.2) is 4.39 Å². The highest BCUT2D eigenvalue weighted by Gasteiger charge is 2.27. The maximum Gasteiger partial charge on any atom is 0.279 e. The Morgan fingerprint density at radius 3 is 2.26 bits per heavy atom. The van der Waals surface area contributed by atoms with Gasteiger partial charge in [-0.05, 0) is 50.6 Å². The summed E-state index contributed by atoms with van der Waals surface area (Å²) in [7, 11) is -1.50. The lowest BCUT2D eigenvalue weighted by molar-refractivity contribution is 0.312.